The highest BCUT2D eigenvalue weighted by Crippen LogP contribution is 2.24. The van der Waals surface area contributed by atoms with Crippen molar-refractivity contribution in [1.82, 2.24) is 9.80 Å². The highest BCUT2D eigenvalue weighted by Gasteiger charge is 2.31. The highest BCUT2D eigenvalue weighted by molar-refractivity contribution is 5.79. The number of nitrogens with zero attached hydrogens (tertiary/aromatic N) is 2. The van der Waals surface area contributed by atoms with Crippen LogP contribution in [0.3, 0.4) is 0 Å². The number of benzene rings is 1. The van der Waals surface area contributed by atoms with Crippen molar-refractivity contribution in [2.45, 2.75) is 25.7 Å². The molecule has 1 atom stereocenters. The quantitative estimate of drug-likeness (QED) is 0.835. The van der Waals surface area contributed by atoms with Gasteiger partial charge in [0.1, 0.15) is 5.75 Å². The Morgan fingerprint density at radius 1 is 1.08 bits per heavy atom. The molecule has 2 aliphatic rings. The zero-order valence-corrected chi connectivity index (χ0v) is 15.3. The van der Waals surface area contributed by atoms with Gasteiger partial charge in [0, 0.05) is 24.9 Å². The number of likely N-dealkylation sites (tertiary alicyclic amines) is 2. The molecule has 1 aromatic carbocycles. The van der Waals surface area contributed by atoms with Gasteiger partial charge >= 0.3 is 0 Å². The van der Waals surface area contributed by atoms with Gasteiger partial charge in [0.15, 0.2) is 0 Å². The van der Waals surface area contributed by atoms with Crippen molar-refractivity contribution in [3.05, 3.63) is 30.3 Å². The van der Waals surface area contributed by atoms with Gasteiger partial charge in [0.05, 0.1) is 13.2 Å². The molecule has 1 aromatic rings. The van der Waals surface area contributed by atoms with Crippen LogP contribution >= 0.6 is 0 Å². The Bertz CT molecular complexity index is 600. The number of nitrogens with two attached hydrogens (primary N) is 1. The van der Waals surface area contributed by atoms with Crippen LogP contribution < -0.4 is 10.5 Å². The first kappa shape index (κ1) is 18.7. The van der Waals surface area contributed by atoms with E-state index in [1.807, 2.05) is 40.1 Å². The van der Waals surface area contributed by atoms with Crippen LogP contribution in [0.1, 0.15) is 25.7 Å². The van der Waals surface area contributed by atoms with Gasteiger partial charge < -0.3 is 15.4 Å². The standard InChI is InChI=1S/C20H29N3O3/c21-19(24)14-22-11-8-17(9-12-22)20(25)23-10-4-5-16(13-23)15-26-18-6-2-1-3-7-18/h1-3,6-7,16-17H,4-5,8-15H2,(H2,21,24)/t16-/m1/s1. The molecule has 0 unspecified atom stereocenters. The predicted molar refractivity (Wildman–Crippen MR) is 99.6 cm³/mol. The molecule has 6 nitrogen and oxygen atoms in total. The van der Waals surface area contributed by atoms with Gasteiger partial charge in [0.25, 0.3) is 0 Å². The maximum absolute atomic E-state index is 12.9. The molecule has 2 saturated heterocycles. The van der Waals surface area contributed by atoms with Gasteiger partial charge in [-0.1, -0.05) is 18.2 Å². The molecule has 142 valence electrons. The zero-order valence-electron chi connectivity index (χ0n) is 15.3. The fraction of sp³-hybridized carbons (Fsp3) is 0.600. The van der Waals surface area contributed by atoms with E-state index in [2.05, 4.69) is 0 Å². The van der Waals surface area contributed by atoms with Crippen molar-refractivity contribution in [1.29, 1.82) is 0 Å². The average molecular weight is 359 g/mol. The van der Waals surface area contributed by atoms with Crippen molar-refractivity contribution >= 4 is 11.8 Å². The van der Waals surface area contributed by atoms with Gasteiger partial charge in [-0.2, -0.15) is 0 Å². The third-order valence-corrected chi connectivity index (χ3v) is 5.38. The summed E-state index contributed by atoms with van der Waals surface area (Å²) >= 11 is 0. The highest BCUT2D eigenvalue weighted by atomic mass is 16.5. The fourth-order valence-corrected chi connectivity index (χ4v) is 3.95. The molecule has 2 N–H and O–H groups in total. The Kier molecular flexibility index (Phi) is 6.50. The summed E-state index contributed by atoms with van der Waals surface area (Å²) in [6.07, 6.45) is 3.77. The lowest BCUT2D eigenvalue weighted by molar-refractivity contribution is -0.139. The maximum Gasteiger partial charge on any atom is 0.231 e. The molecule has 2 amide bonds. The number of amides is 2. The van der Waals surface area contributed by atoms with Crippen LogP contribution in [0.2, 0.25) is 0 Å². The molecule has 0 saturated carbocycles. The third-order valence-electron chi connectivity index (χ3n) is 5.38. The number of ether oxygens (including phenoxy) is 1. The van der Waals surface area contributed by atoms with Crippen LogP contribution in [-0.4, -0.2) is 60.9 Å². The summed E-state index contributed by atoms with van der Waals surface area (Å²) in [5.41, 5.74) is 5.25. The molecule has 3 rings (SSSR count). The van der Waals surface area contributed by atoms with E-state index in [-0.39, 0.29) is 17.7 Å². The topological polar surface area (TPSA) is 75.9 Å². The van der Waals surface area contributed by atoms with Crippen LogP contribution in [0, 0.1) is 11.8 Å². The molecule has 2 aliphatic heterocycles. The first-order valence-electron chi connectivity index (χ1n) is 9.59. The monoisotopic (exact) mass is 359 g/mol. The van der Waals surface area contributed by atoms with Crippen LogP contribution in [-0.2, 0) is 9.59 Å². The zero-order chi connectivity index (χ0) is 18.4. The number of primary amides is 1. The van der Waals surface area contributed by atoms with Gasteiger partial charge in [-0.05, 0) is 50.9 Å². The lowest BCUT2D eigenvalue weighted by atomic mass is 9.92. The Labute approximate surface area is 155 Å². The van der Waals surface area contributed by atoms with Gasteiger partial charge in [-0.15, -0.1) is 0 Å². The van der Waals surface area contributed by atoms with E-state index in [4.69, 9.17) is 10.5 Å². The lowest BCUT2D eigenvalue weighted by Gasteiger charge is -2.37. The van der Waals surface area contributed by atoms with E-state index in [0.717, 1.165) is 57.6 Å². The largest absolute Gasteiger partial charge is 0.493 e. The number of hydrogen-bond donors (Lipinski definition) is 1. The SMILES string of the molecule is NC(=O)CN1CCC(C(=O)N2CCC[C@@H](COc3ccccc3)C2)CC1. The fourth-order valence-electron chi connectivity index (χ4n) is 3.95. The summed E-state index contributed by atoms with van der Waals surface area (Å²) < 4.78 is 5.88. The molecule has 0 radical (unpaired) electrons. The van der Waals surface area contributed by atoms with E-state index in [9.17, 15) is 9.59 Å². The van der Waals surface area contributed by atoms with Crippen molar-refractivity contribution < 1.29 is 14.3 Å². The number of carbonyl (C=O) groups excluding carboxylic acids is 2. The molecule has 0 aromatic heterocycles. The Morgan fingerprint density at radius 3 is 2.50 bits per heavy atom. The maximum atomic E-state index is 12.9. The minimum Gasteiger partial charge on any atom is -0.493 e. The number of piperidine rings is 2. The van der Waals surface area contributed by atoms with Crippen molar-refractivity contribution in [2.24, 2.45) is 17.6 Å². The van der Waals surface area contributed by atoms with Crippen molar-refractivity contribution in [2.75, 3.05) is 39.3 Å². The van der Waals surface area contributed by atoms with E-state index in [1.165, 1.54) is 0 Å². The predicted octanol–water partition coefficient (Wildman–Crippen LogP) is 1.50. The van der Waals surface area contributed by atoms with Gasteiger partial charge in [0.2, 0.25) is 11.8 Å². The molecule has 26 heavy (non-hydrogen) atoms. The Morgan fingerprint density at radius 2 is 1.81 bits per heavy atom. The summed E-state index contributed by atoms with van der Waals surface area (Å²) in [4.78, 5) is 28.0. The summed E-state index contributed by atoms with van der Waals surface area (Å²) in [5, 5.41) is 0. The normalized spacial score (nSPS) is 22.2. The summed E-state index contributed by atoms with van der Waals surface area (Å²) in [7, 11) is 0. The number of para-hydroxylation sites is 1. The first-order chi connectivity index (χ1) is 12.6. The van der Waals surface area contributed by atoms with Gasteiger partial charge in [-0.25, -0.2) is 0 Å². The van der Waals surface area contributed by atoms with Crippen LogP contribution in [0.15, 0.2) is 30.3 Å². The van der Waals surface area contributed by atoms with Crippen LogP contribution in [0.25, 0.3) is 0 Å². The number of rotatable bonds is 6. The third kappa shape index (κ3) is 5.21. The van der Waals surface area contributed by atoms with Crippen molar-refractivity contribution in [3.8, 4) is 5.75 Å². The first-order valence-corrected chi connectivity index (χ1v) is 9.59. The molecule has 6 heteroatoms. The average Bonchev–Trinajstić information content (AvgIpc) is 2.67. The second-order valence-electron chi connectivity index (χ2n) is 7.43. The molecule has 0 spiro atoms. The molecular formula is C20H29N3O3. The number of hydrogen-bond acceptors (Lipinski definition) is 4. The second kappa shape index (κ2) is 9.03. The molecule has 2 heterocycles. The molecule has 0 bridgehead atoms. The smallest absolute Gasteiger partial charge is 0.231 e. The van der Waals surface area contributed by atoms with E-state index >= 15 is 0 Å². The minimum absolute atomic E-state index is 0.0768. The van der Waals surface area contributed by atoms with Gasteiger partial charge in [-0.3, -0.25) is 14.5 Å². The van der Waals surface area contributed by atoms with E-state index in [0.29, 0.717) is 19.1 Å². The molecule has 0 aliphatic carbocycles. The van der Waals surface area contributed by atoms with Crippen LogP contribution in [0.4, 0.5) is 0 Å². The Hall–Kier alpha value is -2.08. The number of carbonyl (C=O) groups is 2. The van der Waals surface area contributed by atoms with Crippen molar-refractivity contribution in [3.63, 3.8) is 0 Å². The molecular weight excluding hydrogens is 330 g/mol. The van der Waals surface area contributed by atoms with E-state index < -0.39 is 0 Å². The summed E-state index contributed by atoms with van der Waals surface area (Å²) in [6, 6.07) is 9.84. The van der Waals surface area contributed by atoms with Crippen LogP contribution in [0.5, 0.6) is 5.75 Å². The Balaban J connectivity index is 1.45. The summed E-state index contributed by atoms with van der Waals surface area (Å²) in [6.45, 7) is 4.13. The summed E-state index contributed by atoms with van der Waals surface area (Å²) in [5.74, 6) is 1.33. The molecule has 2 fully saturated rings. The lowest BCUT2D eigenvalue weighted by Crippen LogP contribution is -2.48. The minimum atomic E-state index is -0.299. The second-order valence-corrected chi connectivity index (χ2v) is 7.43. The van der Waals surface area contributed by atoms with E-state index in [1.54, 1.807) is 0 Å².